The molecule has 1 aliphatic rings. The van der Waals surface area contributed by atoms with Crippen LogP contribution in [0.15, 0.2) is 72.6 Å². The van der Waals surface area contributed by atoms with Crippen LogP contribution in [0, 0.1) is 0 Å². The molecular formula is C25H18ClF3N2O4. The Balaban J connectivity index is 1.83. The lowest BCUT2D eigenvalue weighted by Gasteiger charge is -2.25. The van der Waals surface area contributed by atoms with Gasteiger partial charge in [0.15, 0.2) is 0 Å². The van der Waals surface area contributed by atoms with Crippen LogP contribution in [-0.4, -0.2) is 33.8 Å². The van der Waals surface area contributed by atoms with Crippen LogP contribution in [0.2, 0.25) is 5.02 Å². The number of amides is 1. The van der Waals surface area contributed by atoms with Gasteiger partial charge in [-0.3, -0.25) is 14.6 Å². The number of rotatable bonds is 5. The molecule has 0 radical (unpaired) electrons. The van der Waals surface area contributed by atoms with Crippen molar-refractivity contribution in [3.63, 3.8) is 0 Å². The molecule has 1 aromatic heterocycles. The van der Waals surface area contributed by atoms with Crippen LogP contribution in [0.25, 0.3) is 5.76 Å². The molecule has 6 nitrogen and oxygen atoms in total. The zero-order valence-corrected chi connectivity index (χ0v) is 19.0. The first kappa shape index (κ1) is 24.3. The molecule has 2 aromatic carbocycles. The molecule has 2 heterocycles. The van der Waals surface area contributed by atoms with Crippen molar-refractivity contribution in [2.24, 2.45) is 0 Å². The number of hydrogen-bond donors (Lipinski definition) is 1. The standard InChI is InChI=1S/C25H18ClF3N2O4/c1-35-19-6-5-16(12-18(19)26)22(32)20-21(15-7-9-30-10-8-15)31(24(34)23(20)33)13-14-3-2-4-17(11-14)25(27,28)29/h2-12,21,32H,13H2,1H3/b22-20+. The molecule has 0 aliphatic carbocycles. The van der Waals surface area contributed by atoms with Crippen molar-refractivity contribution in [2.75, 3.05) is 7.11 Å². The fraction of sp³-hybridized carbons (Fsp3) is 0.160. The number of aliphatic hydroxyl groups excluding tert-OH is 1. The van der Waals surface area contributed by atoms with Crippen LogP contribution in [-0.2, 0) is 22.3 Å². The largest absolute Gasteiger partial charge is 0.507 e. The number of hydrogen-bond acceptors (Lipinski definition) is 5. The Bertz CT molecular complexity index is 1330. The van der Waals surface area contributed by atoms with E-state index in [4.69, 9.17) is 16.3 Å². The molecule has 3 aromatic rings. The van der Waals surface area contributed by atoms with E-state index in [9.17, 15) is 27.9 Å². The van der Waals surface area contributed by atoms with Crippen LogP contribution in [0.4, 0.5) is 13.2 Å². The second-order valence-corrected chi connectivity index (χ2v) is 8.16. The van der Waals surface area contributed by atoms with Crippen molar-refractivity contribution in [3.05, 3.63) is 99.8 Å². The maximum absolute atomic E-state index is 13.2. The number of halogens is 4. The summed E-state index contributed by atoms with van der Waals surface area (Å²) in [4.78, 5) is 31.2. The number of benzene rings is 2. The summed E-state index contributed by atoms with van der Waals surface area (Å²) in [5.41, 5.74) is -0.290. The topological polar surface area (TPSA) is 79.7 Å². The number of carbonyl (C=O) groups excluding carboxylic acids is 2. The first-order chi connectivity index (χ1) is 16.6. The second kappa shape index (κ2) is 9.42. The Hall–Kier alpha value is -3.85. The maximum Gasteiger partial charge on any atom is 0.416 e. The molecule has 1 aliphatic heterocycles. The summed E-state index contributed by atoms with van der Waals surface area (Å²) in [5.74, 6) is -2.05. The number of nitrogens with zero attached hydrogens (tertiary/aromatic N) is 2. The van der Waals surface area contributed by atoms with Gasteiger partial charge in [0.05, 0.1) is 29.3 Å². The average molecular weight is 503 g/mol. The summed E-state index contributed by atoms with van der Waals surface area (Å²) in [6, 6.07) is 10.9. The highest BCUT2D eigenvalue weighted by molar-refractivity contribution is 6.46. The van der Waals surface area contributed by atoms with Gasteiger partial charge in [-0.15, -0.1) is 0 Å². The SMILES string of the molecule is COc1ccc(/C(O)=C2\C(=O)C(=O)N(Cc3cccc(C(F)(F)F)c3)C2c2ccncc2)cc1Cl. The highest BCUT2D eigenvalue weighted by Gasteiger charge is 2.46. The smallest absolute Gasteiger partial charge is 0.416 e. The van der Waals surface area contributed by atoms with Crippen LogP contribution >= 0.6 is 11.6 Å². The fourth-order valence-corrected chi connectivity index (χ4v) is 4.20. The number of Topliss-reactive ketones (excluding diaryl/α,β-unsaturated/α-hetero) is 1. The van der Waals surface area contributed by atoms with Gasteiger partial charge in [-0.1, -0.05) is 23.7 Å². The lowest BCUT2D eigenvalue weighted by molar-refractivity contribution is -0.140. The molecule has 0 saturated carbocycles. The summed E-state index contributed by atoms with van der Waals surface area (Å²) in [7, 11) is 1.42. The predicted octanol–water partition coefficient (Wildman–Crippen LogP) is 5.38. The van der Waals surface area contributed by atoms with Crippen molar-refractivity contribution in [3.8, 4) is 5.75 Å². The first-order valence-electron chi connectivity index (χ1n) is 10.3. The van der Waals surface area contributed by atoms with Crippen LogP contribution < -0.4 is 4.74 Å². The van der Waals surface area contributed by atoms with Crippen molar-refractivity contribution >= 4 is 29.1 Å². The van der Waals surface area contributed by atoms with E-state index in [2.05, 4.69) is 4.98 Å². The number of ketones is 1. The minimum absolute atomic E-state index is 0.173. The number of methoxy groups -OCH3 is 1. The van der Waals surface area contributed by atoms with Gasteiger partial charge < -0.3 is 14.7 Å². The van der Waals surface area contributed by atoms with E-state index in [0.29, 0.717) is 11.3 Å². The van der Waals surface area contributed by atoms with Crippen molar-refractivity contribution < 1.29 is 32.6 Å². The summed E-state index contributed by atoms with van der Waals surface area (Å²) >= 11 is 6.17. The van der Waals surface area contributed by atoms with Gasteiger partial charge in [-0.25, -0.2) is 0 Å². The lowest BCUT2D eigenvalue weighted by Crippen LogP contribution is -2.29. The summed E-state index contributed by atoms with van der Waals surface area (Å²) in [5, 5.41) is 11.3. The van der Waals surface area contributed by atoms with Crippen molar-refractivity contribution in [1.29, 1.82) is 0 Å². The van der Waals surface area contributed by atoms with Crippen molar-refractivity contribution in [1.82, 2.24) is 9.88 Å². The van der Waals surface area contributed by atoms with Gasteiger partial charge in [-0.05, 0) is 53.6 Å². The Morgan fingerprint density at radius 2 is 1.83 bits per heavy atom. The van der Waals surface area contributed by atoms with Crippen LogP contribution in [0.5, 0.6) is 5.75 Å². The molecule has 4 rings (SSSR count). The predicted molar refractivity (Wildman–Crippen MR) is 122 cm³/mol. The third-order valence-electron chi connectivity index (χ3n) is 5.59. The molecule has 35 heavy (non-hydrogen) atoms. The highest BCUT2D eigenvalue weighted by atomic mass is 35.5. The zero-order chi connectivity index (χ0) is 25.3. The molecule has 180 valence electrons. The highest BCUT2D eigenvalue weighted by Crippen LogP contribution is 2.41. The third kappa shape index (κ3) is 4.72. The molecule has 1 saturated heterocycles. The molecule has 1 unspecified atom stereocenters. The van der Waals surface area contributed by atoms with E-state index >= 15 is 0 Å². The minimum Gasteiger partial charge on any atom is -0.507 e. The Kier molecular flexibility index (Phi) is 6.53. The molecule has 1 atom stereocenters. The van der Waals surface area contributed by atoms with E-state index in [1.165, 1.54) is 49.8 Å². The molecule has 1 amide bonds. The van der Waals surface area contributed by atoms with Crippen LogP contribution in [0.1, 0.15) is 28.3 Å². The quantitative estimate of drug-likeness (QED) is 0.288. The first-order valence-corrected chi connectivity index (χ1v) is 10.7. The molecule has 10 heteroatoms. The van der Waals surface area contributed by atoms with E-state index < -0.39 is 35.2 Å². The fourth-order valence-electron chi connectivity index (χ4n) is 3.95. The summed E-state index contributed by atoms with van der Waals surface area (Å²) < 4.78 is 44.7. The van der Waals surface area contributed by atoms with Crippen molar-refractivity contribution in [2.45, 2.75) is 18.8 Å². The number of aliphatic hydroxyl groups is 1. The minimum atomic E-state index is -4.57. The molecule has 1 N–H and O–H groups in total. The maximum atomic E-state index is 13.2. The lowest BCUT2D eigenvalue weighted by atomic mass is 9.95. The van der Waals surface area contributed by atoms with Gasteiger partial charge in [0.25, 0.3) is 11.7 Å². The van der Waals surface area contributed by atoms with Gasteiger partial charge in [0, 0.05) is 24.5 Å². The van der Waals surface area contributed by atoms with E-state index in [1.807, 2.05) is 0 Å². The third-order valence-corrected chi connectivity index (χ3v) is 5.89. The van der Waals surface area contributed by atoms with Gasteiger partial charge in [0.2, 0.25) is 0 Å². The molecule has 1 fully saturated rings. The number of likely N-dealkylation sites (tertiary alicyclic amines) is 1. The monoisotopic (exact) mass is 502 g/mol. The number of pyridine rings is 1. The number of alkyl halides is 3. The number of carbonyl (C=O) groups is 2. The number of ether oxygens (including phenoxy) is 1. The normalized spacial score (nSPS) is 17.6. The average Bonchev–Trinajstić information content (AvgIpc) is 3.08. The van der Waals surface area contributed by atoms with E-state index in [0.717, 1.165) is 17.0 Å². The second-order valence-electron chi connectivity index (χ2n) is 7.76. The number of aromatic nitrogens is 1. The van der Waals surface area contributed by atoms with Gasteiger partial charge in [0.1, 0.15) is 11.5 Å². The Morgan fingerprint density at radius 1 is 1.11 bits per heavy atom. The Morgan fingerprint density at radius 3 is 2.46 bits per heavy atom. The van der Waals surface area contributed by atoms with E-state index in [-0.39, 0.29) is 28.3 Å². The molecular weight excluding hydrogens is 485 g/mol. The zero-order valence-electron chi connectivity index (χ0n) is 18.2. The van der Waals surface area contributed by atoms with Crippen LogP contribution in [0.3, 0.4) is 0 Å². The summed E-state index contributed by atoms with van der Waals surface area (Å²) in [6.45, 7) is -0.290. The Labute approximate surface area is 203 Å². The van der Waals surface area contributed by atoms with Gasteiger partial charge >= 0.3 is 6.18 Å². The van der Waals surface area contributed by atoms with E-state index in [1.54, 1.807) is 12.1 Å². The summed E-state index contributed by atoms with van der Waals surface area (Å²) in [6.07, 6.45) is -1.67. The molecule has 0 spiro atoms. The molecule has 0 bridgehead atoms. The van der Waals surface area contributed by atoms with Gasteiger partial charge in [-0.2, -0.15) is 13.2 Å².